The maximum Gasteiger partial charge on any atom is 0.151 e. The number of nitrogens with zero attached hydrogens (tertiary/aromatic N) is 2. The van der Waals surface area contributed by atoms with Crippen molar-refractivity contribution in [2.75, 3.05) is 12.8 Å². The highest BCUT2D eigenvalue weighted by atomic mass is 32.1. The molecule has 2 aromatic heterocycles. The fraction of sp³-hybridized carbons (Fsp3) is 0.154. The normalized spacial score (nSPS) is 11.0. The molecular weight excluding hydrogens is 246 g/mol. The van der Waals surface area contributed by atoms with Gasteiger partial charge in [-0.05, 0) is 24.3 Å². The van der Waals surface area contributed by atoms with Gasteiger partial charge in [-0.3, -0.25) is 0 Å². The molecule has 0 spiro atoms. The summed E-state index contributed by atoms with van der Waals surface area (Å²) in [5, 5.41) is 0.801. The summed E-state index contributed by atoms with van der Waals surface area (Å²) in [5.41, 5.74) is 7.78. The van der Waals surface area contributed by atoms with Crippen molar-refractivity contribution in [1.82, 2.24) is 9.55 Å². The van der Waals surface area contributed by atoms with Crippen molar-refractivity contribution in [3.8, 4) is 16.5 Å². The summed E-state index contributed by atoms with van der Waals surface area (Å²) in [7, 11) is 3.66. The van der Waals surface area contributed by atoms with E-state index in [1.165, 1.54) is 0 Å². The molecule has 0 amide bonds. The van der Waals surface area contributed by atoms with Crippen molar-refractivity contribution < 1.29 is 4.74 Å². The number of anilines is 1. The Balaban J connectivity index is 2.22. The Hall–Kier alpha value is -2.01. The van der Waals surface area contributed by atoms with Gasteiger partial charge in [-0.25, -0.2) is 4.98 Å². The van der Waals surface area contributed by atoms with Crippen LogP contribution in [0.15, 0.2) is 30.3 Å². The molecule has 0 saturated heterocycles. The molecule has 2 heterocycles. The molecule has 0 fully saturated rings. The number of hydrogen-bond donors (Lipinski definition) is 1. The van der Waals surface area contributed by atoms with E-state index in [9.17, 15) is 0 Å². The number of benzene rings is 1. The molecular formula is C13H13N3OS. The number of aromatic nitrogens is 2. The number of fused-ring (bicyclic) bond motifs is 1. The molecule has 0 atom stereocenters. The van der Waals surface area contributed by atoms with Crippen LogP contribution in [0.4, 0.5) is 5.00 Å². The van der Waals surface area contributed by atoms with Crippen LogP contribution >= 0.6 is 11.3 Å². The number of aryl methyl sites for hydroxylation is 1. The van der Waals surface area contributed by atoms with Gasteiger partial charge >= 0.3 is 0 Å². The van der Waals surface area contributed by atoms with Crippen molar-refractivity contribution in [3.63, 3.8) is 0 Å². The number of thiophene rings is 1. The summed E-state index contributed by atoms with van der Waals surface area (Å²) in [6.45, 7) is 0. The quantitative estimate of drug-likeness (QED) is 0.770. The third-order valence-corrected chi connectivity index (χ3v) is 3.85. The predicted octanol–water partition coefficient (Wildman–Crippen LogP) is 2.89. The van der Waals surface area contributed by atoms with Crippen LogP contribution in [0, 0.1) is 0 Å². The third kappa shape index (κ3) is 1.64. The van der Waals surface area contributed by atoms with Crippen LogP contribution < -0.4 is 10.5 Å². The van der Waals surface area contributed by atoms with Gasteiger partial charge in [-0.15, -0.1) is 11.3 Å². The standard InChI is InChI=1S/C13H13N3OS/c1-16-10-4-3-8(17-2)7-9(10)15-13(16)11-5-6-12(14)18-11/h3-7H,14H2,1-2H3. The summed E-state index contributed by atoms with van der Waals surface area (Å²) in [4.78, 5) is 5.72. The SMILES string of the molecule is COc1ccc2c(c1)nc(-c1ccc(N)s1)n2C. The zero-order valence-electron chi connectivity index (χ0n) is 10.2. The van der Waals surface area contributed by atoms with E-state index in [1.54, 1.807) is 18.4 Å². The molecule has 18 heavy (non-hydrogen) atoms. The number of nitrogens with two attached hydrogens (primary N) is 1. The van der Waals surface area contributed by atoms with E-state index in [4.69, 9.17) is 10.5 Å². The highest BCUT2D eigenvalue weighted by molar-refractivity contribution is 7.19. The van der Waals surface area contributed by atoms with Crippen molar-refractivity contribution in [2.24, 2.45) is 7.05 Å². The Bertz CT molecular complexity index is 714. The summed E-state index contributed by atoms with van der Waals surface area (Å²) in [5.74, 6) is 1.75. The smallest absolute Gasteiger partial charge is 0.151 e. The van der Waals surface area contributed by atoms with Crippen molar-refractivity contribution in [2.45, 2.75) is 0 Å². The van der Waals surface area contributed by atoms with Gasteiger partial charge in [0.2, 0.25) is 0 Å². The van der Waals surface area contributed by atoms with Gasteiger partial charge in [0, 0.05) is 13.1 Å². The second kappa shape index (κ2) is 4.03. The second-order valence-electron chi connectivity index (χ2n) is 4.05. The minimum absolute atomic E-state index is 0.801. The Labute approximate surface area is 109 Å². The highest BCUT2D eigenvalue weighted by Gasteiger charge is 2.11. The molecule has 2 N–H and O–H groups in total. The number of nitrogen functional groups attached to an aromatic ring is 1. The second-order valence-corrected chi connectivity index (χ2v) is 5.17. The fourth-order valence-corrected chi connectivity index (χ4v) is 2.80. The molecule has 3 aromatic rings. The van der Waals surface area contributed by atoms with Crippen LogP contribution in [0.5, 0.6) is 5.75 Å². The molecule has 92 valence electrons. The van der Waals surface area contributed by atoms with E-state index in [0.717, 1.165) is 32.5 Å². The minimum atomic E-state index is 0.801. The molecule has 5 heteroatoms. The average molecular weight is 259 g/mol. The topological polar surface area (TPSA) is 53.1 Å². The first-order chi connectivity index (χ1) is 8.69. The van der Waals surface area contributed by atoms with E-state index < -0.39 is 0 Å². The number of rotatable bonds is 2. The van der Waals surface area contributed by atoms with Crippen molar-refractivity contribution >= 4 is 27.4 Å². The summed E-state index contributed by atoms with van der Waals surface area (Å²) >= 11 is 1.54. The Morgan fingerprint density at radius 2 is 2.11 bits per heavy atom. The third-order valence-electron chi connectivity index (χ3n) is 2.94. The molecule has 4 nitrogen and oxygen atoms in total. The number of imidazole rings is 1. The molecule has 0 aliphatic rings. The van der Waals surface area contributed by atoms with Gasteiger partial charge in [0.1, 0.15) is 5.75 Å². The zero-order valence-corrected chi connectivity index (χ0v) is 11.0. The van der Waals surface area contributed by atoms with Crippen molar-refractivity contribution in [3.05, 3.63) is 30.3 Å². The Morgan fingerprint density at radius 3 is 2.78 bits per heavy atom. The average Bonchev–Trinajstić information content (AvgIpc) is 2.93. The van der Waals surface area contributed by atoms with E-state index in [-0.39, 0.29) is 0 Å². The van der Waals surface area contributed by atoms with E-state index in [1.807, 2.05) is 37.4 Å². The van der Waals surface area contributed by atoms with Gasteiger partial charge in [-0.1, -0.05) is 0 Å². The summed E-state index contributed by atoms with van der Waals surface area (Å²) in [6.07, 6.45) is 0. The number of methoxy groups -OCH3 is 1. The first-order valence-corrected chi connectivity index (χ1v) is 6.37. The van der Waals surface area contributed by atoms with Crippen LogP contribution in [0.1, 0.15) is 0 Å². The van der Waals surface area contributed by atoms with Gasteiger partial charge in [0.05, 0.1) is 28.0 Å². The first-order valence-electron chi connectivity index (χ1n) is 5.55. The lowest BCUT2D eigenvalue weighted by Crippen LogP contribution is -1.90. The largest absolute Gasteiger partial charge is 0.497 e. The summed E-state index contributed by atoms with van der Waals surface area (Å²) in [6, 6.07) is 9.80. The molecule has 0 aliphatic heterocycles. The van der Waals surface area contributed by atoms with Crippen molar-refractivity contribution in [1.29, 1.82) is 0 Å². The van der Waals surface area contributed by atoms with Crippen LogP contribution in [-0.4, -0.2) is 16.7 Å². The first kappa shape index (κ1) is 11.1. The van der Waals surface area contributed by atoms with E-state index in [0.29, 0.717) is 0 Å². The zero-order chi connectivity index (χ0) is 12.7. The van der Waals surface area contributed by atoms with E-state index in [2.05, 4.69) is 9.55 Å². The Morgan fingerprint density at radius 1 is 1.28 bits per heavy atom. The highest BCUT2D eigenvalue weighted by Crippen LogP contribution is 2.31. The maximum absolute atomic E-state index is 5.77. The summed E-state index contributed by atoms with van der Waals surface area (Å²) < 4.78 is 7.28. The van der Waals surface area contributed by atoms with Gasteiger partial charge in [0.25, 0.3) is 0 Å². The Kier molecular flexibility index (Phi) is 2.48. The van der Waals surface area contributed by atoms with Gasteiger partial charge in [0.15, 0.2) is 5.82 Å². The van der Waals surface area contributed by atoms with Crippen LogP contribution in [-0.2, 0) is 7.05 Å². The maximum atomic E-state index is 5.77. The molecule has 0 aliphatic carbocycles. The van der Waals surface area contributed by atoms with Crippen LogP contribution in [0.3, 0.4) is 0 Å². The molecule has 0 unspecified atom stereocenters. The molecule has 3 rings (SSSR count). The molecule has 0 saturated carbocycles. The molecule has 0 radical (unpaired) electrons. The van der Waals surface area contributed by atoms with E-state index >= 15 is 0 Å². The monoisotopic (exact) mass is 259 g/mol. The van der Waals surface area contributed by atoms with Crippen LogP contribution in [0.25, 0.3) is 21.7 Å². The predicted molar refractivity (Wildman–Crippen MR) is 75.0 cm³/mol. The lowest BCUT2D eigenvalue weighted by atomic mass is 10.3. The lowest BCUT2D eigenvalue weighted by molar-refractivity contribution is 0.415. The number of hydrogen-bond acceptors (Lipinski definition) is 4. The van der Waals surface area contributed by atoms with Crippen LogP contribution in [0.2, 0.25) is 0 Å². The fourth-order valence-electron chi connectivity index (χ4n) is 2.00. The molecule has 1 aromatic carbocycles. The number of ether oxygens (including phenoxy) is 1. The molecule has 0 bridgehead atoms. The lowest BCUT2D eigenvalue weighted by Gasteiger charge is -2.00. The van der Waals surface area contributed by atoms with Gasteiger partial charge in [-0.2, -0.15) is 0 Å². The van der Waals surface area contributed by atoms with Gasteiger partial charge < -0.3 is 15.0 Å². The minimum Gasteiger partial charge on any atom is -0.497 e.